The Hall–Kier alpha value is -1.91. The van der Waals surface area contributed by atoms with Crippen molar-refractivity contribution in [3.8, 4) is 5.75 Å². The minimum absolute atomic E-state index is 0.0242. The van der Waals surface area contributed by atoms with E-state index in [0.717, 1.165) is 11.1 Å². The van der Waals surface area contributed by atoms with E-state index in [4.69, 9.17) is 15.6 Å². The topological polar surface area (TPSA) is 55.5 Å². The highest BCUT2D eigenvalue weighted by Gasteiger charge is 2.04. The van der Waals surface area contributed by atoms with E-state index in [9.17, 15) is 4.39 Å². The molecule has 0 aliphatic rings. The largest absolute Gasteiger partial charge is 0.489 e. The first kappa shape index (κ1) is 13.5. The number of ether oxygens (including phenoxy) is 1. The molecule has 2 aromatic carbocycles. The Morgan fingerprint density at radius 3 is 2.37 bits per heavy atom. The predicted molar refractivity (Wildman–Crippen MR) is 71.0 cm³/mol. The van der Waals surface area contributed by atoms with Crippen molar-refractivity contribution >= 4 is 0 Å². The number of halogens is 1. The van der Waals surface area contributed by atoms with Crippen LogP contribution in [0, 0.1) is 5.82 Å². The van der Waals surface area contributed by atoms with Crippen LogP contribution in [0.2, 0.25) is 0 Å². The second kappa shape index (κ2) is 6.31. The van der Waals surface area contributed by atoms with Crippen LogP contribution in [-0.2, 0) is 19.8 Å². The van der Waals surface area contributed by atoms with Crippen LogP contribution in [0.5, 0.6) is 5.75 Å². The first-order chi connectivity index (χ1) is 9.22. The van der Waals surface area contributed by atoms with Crippen LogP contribution in [0.3, 0.4) is 0 Å². The summed E-state index contributed by atoms with van der Waals surface area (Å²) in [4.78, 5) is 0. The third-order valence-corrected chi connectivity index (χ3v) is 2.84. The monoisotopic (exact) mass is 261 g/mol. The third kappa shape index (κ3) is 3.53. The van der Waals surface area contributed by atoms with Crippen molar-refractivity contribution in [1.82, 2.24) is 0 Å². The molecule has 0 aliphatic carbocycles. The van der Waals surface area contributed by atoms with Crippen LogP contribution in [-0.4, -0.2) is 5.11 Å². The fraction of sp³-hybridized carbons (Fsp3) is 0.200. The van der Waals surface area contributed by atoms with Crippen molar-refractivity contribution in [3.05, 3.63) is 65.0 Å². The maximum atomic E-state index is 13.0. The molecule has 0 saturated carbocycles. The molecule has 0 spiro atoms. The Morgan fingerprint density at radius 2 is 1.74 bits per heavy atom. The minimum Gasteiger partial charge on any atom is -0.489 e. The molecule has 0 fully saturated rings. The van der Waals surface area contributed by atoms with Gasteiger partial charge in [0.2, 0.25) is 0 Å². The van der Waals surface area contributed by atoms with E-state index >= 15 is 0 Å². The minimum atomic E-state index is -0.319. The van der Waals surface area contributed by atoms with E-state index < -0.39 is 0 Å². The molecule has 0 aliphatic heterocycles. The van der Waals surface area contributed by atoms with E-state index in [0.29, 0.717) is 17.9 Å². The molecule has 2 aromatic rings. The molecular formula is C15H16FNO2. The van der Waals surface area contributed by atoms with Crippen molar-refractivity contribution in [1.29, 1.82) is 0 Å². The molecule has 0 saturated heterocycles. The molecule has 0 amide bonds. The number of aliphatic hydroxyl groups is 1. The van der Waals surface area contributed by atoms with E-state index in [1.807, 2.05) is 24.3 Å². The SMILES string of the molecule is NCc1cc(F)ccc1OCc1ccc(CO)cc1. The average molecular weight is 261 g/mol. The van der Waals surface area contributed by atoms with E-state index in [1.165, 1.54) is 12.1 Å². The molecule has 19 heavy (non-hydrogen) atoms. The molecule has 0 radical (unpaired) electrons. The summed E-state index contributed by atoms with van der Waals surface area (Å²) in [5.41, 5.74) is 8.03. The molecule has 100 valence electrons. The van der Waals surface area contributed by atoms with Crippen LogP contribution in [0.15, 0.2) is 42.5 Å². The van der Waals surface area contributed by atoms with Gasteiger partial charge in [0.1, 0.15) is 18.2 Å². The van der Waals surface area contributed by atoms with Gasteiger partial charge in [-0.1, -0.05) is 24.3 Å². The molecule has 3 N–H and O–H groups in total. The lowest BCUT2D eigenvalue weighted by atomic mass is 10.1. The molecule has 0 heterocycles. The molecule has 0 atom stereocenters. The van der Waals surface area contributed by atoms with Crippen LogP contribution in [0.25, 0.3) is 0 Å². The van der Waals surface area contributed by atoms with Crippen LogP contribution in [0.4, 0.5) is 4.39 Å². The van der Waals surface area contributed by atoms with Gasteiger partial charge in [-0.2, -0.15) is 0 Å². The van der Waals surface area contributed by atoms with Gasteiger partial charge in [-0.05, 0) is 29.3 Å². The number of hydrogen-bond acceptors (Lipinski definition) is 3. The van der Waals surface area contributed by atoms with E-state index in [-0.39, 0.29) is 19.0 Å². The lowest BCUT2D eigenvalue weighted by Gasteiger charge is -2.10. The summed E-state index contributed by atoms with van der Waals surface area (Å²) in [5, 5.41) is 8.95. The van der Waals surface area contributed by atoms with Crippen molar-refractivity contribution in [3.63, 3.8) is 0 Å². The van der Waals surface area contributed by atoms with Crippen molar-refractivity contribution in [2.75, 3.05) is 0 Å². The maximum Gasteiger partial charge on any atom is 0.124 e. The molecule has 0 unspecified atom stereocenters. The number of benzene rings is 2. The summed E-state index contributed by atoms with van der Waals surface area (Å²) in [6, 6.07) is 11.8. The highest BCUT2D eigenvalue weighted by molar-refractivity contribution is 5.34. The van der Waals surface area contributed by atoms with Gasteiger partial charge in [-0.15, -0.1) is 0 Å². The fourth-order valence-corrected chi connectivity index (χ4v) is 1.75. The fourth-order valence-electron chi connectivity index (χ4n) is 1.75. The van der Waals surface area contributed by atoms with E-state index in [2.05, 4.69) is 0 Å². The normalized spacial score (nSPS) is 10.5. The summed E-state index contributed by atoms with van der Waals surface area (Å²) in [6.07, 6.45) is 0. The zero-order valence-electron chi connectivity index (χ0n) is 10.5. The first-order valence-corrected chi connectivity index (χ1v) is 6.03. The maximum absolute atomic E-state index is 13.0. The van der Waals surface area contributed by atoms with E-state index in [1.54, 1.807) is 6.07 Å². The number of hydrogen-bond donors (Lipinski definition) is 2. The number of aliphatic hydroxyl groups excluding tert-OH is 1. The average Bonchev–Trinajstić information content (AvgIpc) is 2.46. The zero-order valence-corrected chi connectivity index (χ0v) is 10.5. The highest BCUT2D eigenvalue weighted by Crippen LogP contribution is 2.20. The molecular weight excluding hydrogens is 245 g/mol. The Labute approximate surface area is 111 Å². The lowest BCUT2D eigenvalue weighted by molar-refractivity contribution is 0.281. The second-order valence-electron chi connectivity index (χ2n) is 4.22. The molecule has 0 aromatic heterocycles. The Morgan fingerprint density at radius 1 is 1.05 bits per heavy atom. The second-order valence-corrected chi connectivity index (χ2v) is 4.22. The summed E-state index contributed by atoms with van der Waals surface area (Å²) in [6.45, 7) is 0.636. The standard InChI is InChI=1S/C15H16FNO2/c16-14-5-6-15(13(7-14)8-17)19-10-12-3-1-11(9-18)2-4-12/h1-7,18H,8-10,17H2. The van der Waals surface area contributed by atoms with Crippen molar-refractivity contribution < 1.29 is 14.2 Å². The Kier molecular flexibility index (Phi) is 4.49. The quantitative estimate of drug-likeness (QED) is 0.868. The van der Waals surface area contributed by atoms with Crippen LogP contribution < -0.4 is 10.5 Å². The molecule has 0 bridgehead atoms. The smallest absolute Gasteiger partial charge is 0.124 e. The molecule has 4 heteroatoms. The lowest BCUT2D eigenvalue weighted by Crippen LogP contribution is -2.03. The summed E-state index contributed by atoms with van der Waals surface area (Å²) < 4.78 is 18.7. The van der Waals surface area contributed by atoms with Gasteiger partial charge in [0.25, 0.3) is 0 Å². The van der Waals surface area contributed by atoms with Gasteiger partial charge in [-0.3, -0.25) is 0 Å². The molecule has 2 rings (SSSR count). The first-order valence-electron chi connectivity index (χ1n) is 6.03. The van der Waals surface area contributed by atoms with Gasteiger partial charge in [0.05, 0.1) is 6.61 Å². The van der Waals surface area contributed by atoms with Gasteiger partial charge in [0.15, 0.2) is 0 Å². The Bertz CT molecular complexity index is 540. The summed E-state index contributed by atoms with van der Waals surface area (Å²) in [7, 11) is 0. The predicted octanol–water partition coefficient (Wildman–Crippen LogP) is 2.36. The summed E-state index contributed by atoms with van der Waals surface area (Å²) >= 11 is 0. The zero-order chi connectivity index (χ0) is 13.7. The number of nitrogens with two attached hydrogens (primary N) is 1. The van der Waals surface area contributed by atoms with Crippen molar-refractivity contribution in [2.45, 2.75) is 19.8 Å². The van der Waals surface area contributed by atoms with Crippen LogP contribution >= 0.6 is 0 Å². The number of rotatable bonds is 5. The molecule has 3 nitrogen and oxygen atoms in total. The van der Waals surface area contributed by atoms with Crippen LogP contribution in [0.1, 0.15) is 16.7 Å². The van der Waals surface area contributed by atoms with Gasteiger partial charge in [0, 0.05) is 12.1 Å². The highest BCUT2D eigenvalue weighted by atomic mass is 19.1. The van der Waals surface area contributed by atoms with Gasteiger partial charge >= 0.3 is 0 Å². The Balaban J connectivity index is 2.05. The summed E-state index contributed by atoms with van der Waals surface area (Å²) in [5.74, 6) is 0.273. The van der Waals surface area contributed by atoms with Gasteiger partial charge in [-0.25, -0.2) is 4.39 Å². The third-order valence-electron chi connectivity index (χ3n) is 2.84. The van der Waals surface area contributed by atoms with Crippen molar-refractivity contribution in [2.24, 2.45) is 5.73 Å². The van der Waals surface area contributed by atoms with Gasteiger partial charge < -0.3 is 15.6 Å².